The third-order valence-electron chi connectivity index (χ3n) is 4.55. The fourth-order valence-corrected chi connectivity index (χ4v) is 2.79. The lowest BCUT2D eigenvalue weighted by Gasteiger charge is -2.21. The lowest BCUT2D eigenvalue weighted by atomic mass is 9.85. The van der Waals surface area contributed by atoms with Crippen molar-refractivity contribution in [1.29, 1.82) is 0 Å². The van der Waals surface area contributed by atoms with E-state index in [1.54, 1.807) is 0 Å². The molecule has 0 spiro atoms. The lowest BCUT2D eigenvalue weighted by Crippen LogP contribution is -2.11. The number of hydrogen-bond donors (Lipinski definition) is 0. The number of nitrogens with zero attached hydrogens (tertiary/aromatic N) is 4. The van der Waals surface area contributed by atoms with Crippen molar-refractivity contribution in [2.45, 2.75) is 39.7 Å². The molecule has 0 heterocycles. The summed E-state index contributed by atoms with van der Waals surface area (Å²) in [5, 5.41) is 17.7. The summed E-state index contributed by atoms with van der Waals surface area (Å²) in [6.45, 7) is 7.75. The van der Waals surface area contributed by atoms with Crippen molar-refractivity contribution in [2.24, 2.45) is 20.5 Å². The van der Waals surface area contributed by atoms with E-state index in [1.807, 2.05) is 72.8 Å². The maximum absolute atomic E-state index is 11.5. The minimum absolute atomic E-state index is 0.0338. The molecular weight excluding hydrogens is 388 g/mol. The van der Waals surface area contributed by atoms with Gasteiger partial charge < -0.3 is 4.74 Å². The molecule has 158 valence electrons. The first-order valence-corrected chi connectivity index (χ1v) is 10.1. The normalized spacial score (nSPS) is 11.9. The first-order chi connectivity index (χ1) is 14.8. The molecule has 0 aromatic heterocycles. The number of esters is 1. The van der Waals surface area contributed by atoms with Crippen LogP contribution in [0.15, 0.2) is 93.3 Å². The molecule has 3 rings (SSSR count). The van der Waals surface area contributed by atoms with E-state index in [4.69, 9.17) is 4.74 Å². The van der Waals surface area contributed by atoms with Gasteiger partial charge in [-0.3, -0.25) is 4.79 Å². The van der Waals surface area contributed by atoms with Gasteiger partial charge in [0.25, 0.3) is 0 Å². The summed E-state index contributed by atoms with van der Waals surface area (Å²) in [4.78, 5) is 11.5. The molecule has 0 aliphatic carbocycles. The Morgan fingerprint density at radius 1 is 0.774 bits per heavy atom. The molecule has 0 atom stereocenters. The summed E-state index contributed by atoms with van der Waals surface area (Å²) in [5.41, 5.74) is 4.20. The zero-order chi connectivity index (χ0) is 22.3. The Balaban J connectivity index is 2.12. The zero-order valence-corrected chi connectivity index (χ0v) is 18.2. The van der Waals surface area contributed by atoms with Crippen LogP contribution in [0.25, 0.3) is 0 Å². The standard InChI is InChI=1S/C25H26N4O2/c1-18(30)31-17-22-23(28-26-20-11-7-5-8-12-20)15-19(25(2,3)4)16-24(22)29-27-21-13-9-6-10-14-21/h5-16H,17H2,1-4H3. The molecule has 0 unspecified atom stereocenters. The summed E-state index contributed by atoms with van der Waals surface area (Å²) < 4.78 is 5.30. The van der Waals surface area contributed by atoms with Crippen molar-refractivity contribution in [3.8, 4) is 0 Å². The van der Waals surface area contributed by atoms with Crippen LogP contribution in [0.2, 0.25) is 0 Å². The molecule has 0 bridgehead atoms. The maximum atomic E-state index is 11.5. The maximum Gasteiger partial charge on any atom is 0.302 e. The van der Waals surface area contributed by atoms with Gasteiger partial charge in [0.2, 0.25) is 0 Å². The van der Waals surface area contributed by atoms with E-state index in [9.17, 15) is 4.79 Å². The average Bonchev–Trinajstić information content (AvgIpc) is 2.75. The molecule has 6 heteroatoms. The molecule has 0 saturated heterocycles. The molecule has 0 amide bonds. The van der Waals surface area contributed by atoms with Crippen LogP contribution in [0.5, 0.6) is 0 Å². The number of benzene rings is 3. The van der Waals surface area contributed by atoms with Gasteiger partial charge in [-0.05, 0) is 47.4 Å². The summed E-state index contributed by atoms with van der Waals surface area (Å²) >= 11 is 0. The second kappa shape index (κ2) is 9.89. The van der Waals surface area contributed by atoms with Crippen LogP contribution in [0.3, 0.4) is 0 Å². The van der Waals surface area contributed by atoms with Crippen LogP contribution in [0, 0.1) is 0 Å². The molecule has 0 saturated carbocycles. The summed E-state index contributed by atoms with van der Waals surface area (Å²) in [6.07, 6.45) is 0. The molecular formula is C25H26N4O2. The summed E-state index contributed by atoms with van der Waals surface area (Å²) in [5.74, 6) is -0.378. The Kier molecular flexibility index (Phi) is 7.03. The molecule has 3 aromatic carbocycles. The highest BCUT2D eigenvalue weighted by Crippen LogP contribution is 2.38. The van der Waals surface area contributed by atoms with Gasteiger partial charge in [0, 0.05) is 12.5 Å². The Morgan fingerprint density at radius 3 is 1.61 bits per heavy atom. The quantitative estimate of drug-likeness (QED) is 0.304. The van der Waals surface area contributed by atoms with Gasteiger partial charge in [-0.2, -0.15) is 20.5 Å². The van der Waals surface area contributed by atoms with E-state index in [0.29, 0.717) is 16.9 Å². The zero-order valence-electron chi connectivity index (χ0n) is 18.2. The average molecular weight is 415 g/mol. The summed E-state index contributed by atoms with van der Waals surface area (Å²) in [7, 11) is 0. The minimum atomic E-state index is -0.378. The van der Waals surface area contributed by atoms with E-state index in [-0.39, 0.29) is 18.0 Å². The number of ether oxygens (including phenoxy) is 1. The predicted molar refractivity (Wildman–Crippen MR) is 122 cm³/mol. The molecule has 0 fully saturated rings. The lowest BCUT2D eigenvalue weighted by molar-refractivity contribution is -0.142. The molecule has 31 heavy (non-hydrogen) atoms. The molecule has 0 aliphatic rings. The first kappa shape index (κ1) is 22.0. The van der Waals surface area contributed by atoms with Crippen molar-refractivity contribution in [2.75, 3.05) is 0 Å². The highest BCUT2D eigenvalue weighted by molar-refractivity contribution is 5.68. The topological polar surface area (TPSA) is 75.7 Å². The van der Waals surface area contributed by atoms with E-state index >= 15 is 0 Å². The van der Waals surface area contributed by atoms with Gasteiger partial charge in [0.15, 0.2) is 0 Å². The monoisotopic (exact) mass is 414 g/mol. The smallest absolute Gasteiger partial charge is 0.302 e. The first-order valence-electron chi connectivity index (χ1n) is 10.1. The van der Waals surface area contributed by atoms with Crippen molar-refractivity contribution < 1.29 is 9.53 Å². The summed E-state index contributed by atoms with van der Waals surface area (Å²) in [6, 6.07) is 22.9. The van der Waals surface area contributed by atoms with Crippen LogP contribution >= 0.6 is 0 Å². The van der Waals surface area contributed by atoms with Crippen LogP contribution in [0.1, 0.15) is 38.8 Å². The Labute approximate surface area is 182 Å². The van der Waals surface area contributed by atoms with Crippen molar-refractivity contribution in [1.82, 2.24) is 0 Å². The van der Waals surface area contributed by atoms with Crippen LogP contribution in [-0.4, -0.2) is 5.97 Å². The van der Waals surface area contributed by atoms with Crippen LogP contribution in [0.4, 0.5) is 22.7 Å². The molecule has 3 aromatic rings. The highest BCUT2D eigenvalue weighted by atomic mass is 16.5. The van der Waals surface area contributed by atoms with E-state index < -0.39 is 0 Å². The van der Waals surface area contributed by atoms with E-state index in [1.165, 1.54) is 6.92 Å². The van der Waals surface area contributed by atoms with Gasteiger partial charge >= 0.3 is 5.97 Å². The SMILES string of the molecule is CC(=O)OCc1c(N=Nc2ccccc2)cc(C(C)(C)C)cc1N=Nc1ccccc1. The predicted octanol–water partition coefficient (Wildman–Crippen LogP) is 7.88. The Bertz CT molecular complexity index is 1020. The second-order valence-electron chi connectivity index (χ2n) is 8.09. The molecule has 6 nitrogen and oxygen atoms in total. The van der Waals surface area contributed by atoms with Crippen LogP contribution in [-0.2, 0) is 21.6 Å². The molecule has 0 N–H and O–H groups in total. The number of rotatable bonds is 6. The highest BCUT2D eigenvalue weighted by Gasteiger charge is 2.20. The van der Waals surface area contributed by atoms with Crippen molar-refractivity contribution in [3.63, 3.8) is 0 Å². The van der Waals surface area contributed by atoms with Crippen LogP contribution < -0.4 is 0 Å². The number of carbonyl (C=O) groups is 1. The minimum Gasteiger partial charge on any atom is -0.461 e. The number of azo groups is 2. The molecule has 0 aliphatic heterocycles. The van der Waals surface area contributed by atoms with Gasteiger partial charge in [-0.1, -0.05) is 57.2 Å². The van der Waals surface area contributed by atoms with Gasteiger partial charge in [0.05, 0.1) is 22.7 Å². The fraction of sp³-hybridized carbons (Fsp3) is 0.240. The Hall–Kier alpha value is -3.67. The third kappa shape index (κ3) is 6.40. The number of hydrogen-bond acceptors (Lipinski definition) is 6. The van der Waals surface area contributed by atoms with Crippen molar-refractivity contribution >= 4 is 28.7 Å². The fourth-order valence-electron chi connectivity index (χ4n) is 2.79. The van der Waals surface area contributed by atoms with E-state index in [0.717, 1.165) is 16.9 Å². The largest absolute Gasteiger partial charge is 0.461 e. The Morgan fingerprint density at radius 2 is 1.23 bits per heavy atom. The second-order valence-corrected chi connectivity index (χ2v) is 8.09. The number of carbonyl (C=O) groups excluding carboxylic acids is 1. The third-order valence-corrected chi connectivity index (χ3v) is 4.55. The van der Waals surface area contributed by atoms with E-state index in [2.05, 4.69) is 41.2 Å². The van der Waals surface area contributed by atoms with Gasteiger partial charge in [-0.25, -0.2) is 0 Å². The van der Waals surface area contributed by atoms with Crippen molar-refractivity contribution in [3.05, 3.63) is 83.9 Å². The van der Waals surface area contributed by atoms with Gasteiger partial charge in [0.1, 0.15) is 6.61 Å². The molecule has 0 radical (unpaired) electrons. The van der Waals surface area contributed by atoms with Gasteiger partial charge in [-0.15, -0.1) is 0 Å².